The van der Waals surface area contributed by atoms with Crippen LogP contribution in [0.1, 0.15) is 45.1 Å². The van der Waals surface area contributed by atoms with E-state index in [-0.39, 0.29) is 0 Å². The summed E-state index contributed by atoms with van der Waals surface area (Å²) in [7, 11) is 0. The third kappa shape index (κ3) is 4.46. The van der Waals surface area contributed by atoms with Crippen molar-refractivity contribution in [1.29, 1.82) is 0 Å². The van der Waals surface area contributed by atoms with E-state index in [9.17, 15) is 0 Å². The van der Waals surface area contributed by atoms with Crippen LogP contribution in [0.15, 0.2) is 6.07 Å². The second kappa shape index (κ2) is 6.33. The molecular weight excluding hydrogens is 236 g/mol. The van der Waals surface area contributed by atoms with Crippen molar-refractivity contribution in [1.82, 2.24) is 14.9 Å². The Morgan fingerprint density at radius 1 is 1.37 bits per heavy atom. The molecule has 1 fully saturated rings. The highest BCUT2D eigenvalue weighted by molar-refractivity contribution is 5.35. The van der Waals surface area contributed by atoms with Crippen LogP contribution >= 0.6 is 0 Å². The Labute approximate surface area is 116 Å². The third-order valence-electron chi connectivity index (χ3n) is 3.52. The summed E-state index contributed by atoms with van der Waals surface area (Å²) in [5.74, 6) is 2.78. The molecule has 1 aliphatic carbocycles. The second-order valence-electron chi connectivity index (χ2n) is 5.81. The van der Waals surface area contributed by atoms with E-state index in [1.165, 1.54) is 19.4 Å². The molecule has 0 aliphatic heterocycles. The summed E-state index contributed by atoms with van der Waals surface area (Å²) in [6.45, 7) is 11.6. The summed E-state index contributed by atoms with van der Waals surface area (Å²) in [4.78, 5) is 11.7. The first kappa shape index (κ1) is 14.3. The van der Waals surface area contributed by atoms with Crippen LogP contribution in [-0.4, -0.2) is 34.0 Å². The number of rotatable bonds is 7. The summed E-state index contributed by atoms with van der Waals surface area (Å²) in [5, 5.41) is 3.27. The van der Waals surface area contributed by atoms with Gasteiger partial charge in [-0.3, -0.25) is 4.90 Å². The smallest absolute Gasteiger partial charge is 0.144 e. The lowest BCUT2D eigenvalue weighted by Gasteiger charge is -2.25. The number of nitrogens with zero attached hydrogens (tertiary/aromatic N) is 3. The van der Waals surface area contributed by atoms with Crippen molar-refractivity contribution in [3.8, 4) is 0 Å². The molecule has 1 aromatic rings. The highest BCUT2D eigenvalue weighted by atomic mass is 15.2. The van der Waals surface area contributed by atoms with Gasteiger partial charge in [0.1, 0.15) is 11.6 Å². The minimum absolute atomic E-state index is 0.548. The molecule has 0 spiro atoms. The number of nitrogens with one attached hydrogen (secondary N) is 1. The zero-order valence-corrected chi connectivity index (χ0v) is 12.6. The van der Waals surface area contributed by atoms with Gasteiger partial charge in [0.05, 0.1) is 6.54 Å². The van der Waals surface area contributed by atoms with Gasteiger partial charge in [-0.25, -0.2) is 9.97 Å². The molecule has 1 saturated carbocycles. The summed E-state index contributed by atoms with van der Waals surface area (Å²) in [5.41, 5.74) is 1.04. The van der Waals surface area contributed by atoms with Gasteiger partial charge >= 0.3 is 0 Å². The van der Waals surface area contributed by atoms with E-state index in [2.05, 4.69) is 41.0 Å². The fourth-order valence-corrected chi connectivity index (χ4v) is 2.24. The van der Waals surface area contributed by atoms with Crippen LogP contribution in [-0.2, 0) is 6.54 Å². The number of hydrogen-bond acceptors (Lipinski definition) is 4. The van der Waals surface area contributed by atoms with Gasteiger partial charge in [-0.05, 0) is 46.5 Å². The molecule has 4 nitrogen and oxygen atoms in total. The van der Waals surface area contributed by atoms with Crippen LogP contribution in [0.3, 0.4) is 0 Å². The van der Waals surface area contributed by atoms with Gasteiger partial charge in [-0.2, -0.15) is 0 Å². The average Bonchev–Trinajstić information content (AvgIpc) is 3.11. The Morgan fingerprint density at radius 2 is 2.11 bits per heavy atom. The fourth-order valence-electron chi connectivity index (χ4n) is 2.24. The largest absolute Gasteiger partial charge is 0.370 e. The lowest BCUT2D eigenvalue weighted by Crippen LogP contribution is -2.33. The van der Waals surface area contributed by atoms with Crippen molar-refractivity contribution in [2.45, 2.75) is 53.1 Å². The van der Waals surface area contributed by atoms with E-state index in [0.29, 0.717) is 6.04 Å². The van der Waals surface area contributed by atoms with Gasteiger partial charge < -0.3 is 5.32 Å². The van der Waals surface area contributed by atoms with Crippen molar-refractivity contribution >= 4 is 5.82 Å². The number of hydrogen-bond donors (Lipinski definition) is 1. The topological polar surface area (TPSA) is 41.1 Å². The second-order valence-corrected chi connectivity index (χ2v) is 5.81. The number of anilines is 1. The van der Waals surface area contributed by atoms with E-state index in [4.69, 9.17) is 0 Å². The van der Waals surface area contributed by atoms with E-state index in [1.54, 1.807) is 0 Å². The zero-order chi connectivity index (χ0) is 13.8. The van der Waals surface area contributed by atoms with Crippen LogP contribution in [0.4, 0.5) is 5.82 Å². The van der Waals surface area contributed by atoms with E-state index in [0.717, 1.165) is 36.3 Å². The first-order valence-corrected chi connectivity index (χ1v) is 7.41. The molecule has 0 radical (unpaired) electrons. The molecule has 0 saturated heterocycles. The van der Waals surface area contributed by atoms with Gasteiger partial charge in [0.15, 0.2) is 0 Å². The molecule has 1 N–H and O–H groups in total. The van der Waals surface area contributed by atoms with Crippen LogP contribution in [0.25, 0.3) is 0 Å². The minimum Gasteiger partial charge on any atom is -0.370 e. The van der Waals surface area contributed by atoms with E-state index in [1.807, 2.05) is 13.0 Å². The van der Waals surface area contributed by atoms with Gasteiger partial charge in [0, 0.05) is 30.9 Å². The molecule has 4 heteroatoms. The predicted molar refractivity (Wildman–Crippen MR) is 79.2 cm³/mol. The lowest BCUT2D eigenvalue weighted by molar-refractivity contribution is 0.198. The molecule has 106 valence electrons. The molecule has 2 rings (SSSR count). The molecule has 0 amide bonds. The normalized spacial score (nSPS) is 15.3. The van der Waals surface area contributed by atoms with Crippen molar-refractivity contribution in [2.24, 2.45) is 5.92 Å². The number of aromatic nitrogens is 2. The number of aryl methyl sites for hydroxylation is 1. The van der Waals surface area contributed by atoms with Gasteiger partial charge in [0.2, 0.25) is 0 Å². The van der Waals surface area contributed by atoms with Crippen molar-refractivity contribution in [2.75, 3.05) is 18.4 Å². The third-order valence-corrected chi connectivity index (χ3v) is 3.52. The monoisotopic (exact) mass is 262 g/mol. The minimum atomic E-state index is 0.548. The van der Waals surface area contributed by atoms with Gasteiger partial charge in [-0.15, -0.1) is 0 Å². The molecule has 1 heterocycles. The van der Waals surface area contributed by atoms with Crippen LogP contribution in [0.5, 0.6) is 0 Å². The molecule has 1 aliphatic rings. The first-order valence-electron chi connectivity index (χ1n) is 7.41. The molecule has 0 unspecified atom stereocenters. The highest BCUT2D eigenvalue weighted by Gasteiger charge is 2.25. The standard InChI is InChI=1S/C15H26N4/c1-5-16-14-8-12(4)17-15(18-14)10-19(11(2)3)9-13-6-7-13/h8,11,13H,5-7,9-10H2,1-4H3,(H,16,17,18). The Hall–Kier alpha value is -1.16. The van der Waals surface area contributed by atoms with Crippen molar-refractivity contribution < 1.29 is 0 Å². The summed E-state index contributed by atoms with van der Waals surface area (Å²) < 4.78 is 0. The van der Waals surface area contributed by atoms with Crippen molar-refractivity contribution in [3.05, 3.63) is 17.6 Å². The fraction of sp³-hybridized carbons (Fsp3) is 0.733. The summed E-state index contributed by atoms with van der Waals surface area (Å²) in [6.07, 6.45) is 2.78. The quantitative estimate of drug-likeness (QED) is 0.820. The molecule has 0 atom stereocenters. The Kier molecular flexibility index (Phi) is 4.75. The predicted octanol–water partition coefficient (Wildman–Crippen LogP) is 2.84. The Balaban J connectivity index is 2.06. The average molecular weight is 262 g/mol. The molecule has 1 aromatic heterocycles. The molecule has 0 aromatic carbocycles. The van der Waals surface area contributed by atoms with Crippen LogP contribution in [0.2, 0.25) is 0 Å². The highest BCUT2D eigenvalue weighted by Crippen LogP contribution is 2.30. The SMILES string of the molecule is CCNc1cc(C)nc(CN(CC2CC2)C(C)C)n1. The Morgan fingerprint density at radius 3 is 2.68 bits per heavy atom. The maximum absolute atomic E-state index is 4.61. The van der Waals surface area contributed by atoms with Crippen LogP contribution in [0, 0.1) is 12.8 Å². The van der Waals surface area contributed by atoms with Gasteiger partial charge in [-0.1, -0.05) is 0 Å². The summed E-state index contributed by atoms with van der Waals surface area (Å²) >= 11 is 0. The molecular formula is C15H26N4. The first-order chi connectivity index (χ1) is 9.08. The van der Waals surface area contributed by atoms with E-state index >= 15 is 0 Å². The van der Waals surface area contributed by atoms with Gasteiger partial charge in [0.25, 0.3) is 0 Å². The maximum Gasteiger partial charge on any atom is 0.144 e. The van der Waals surface area contributed by atoms with E-state index < -0.39 is 0 Å². The molecule has 0 bridgehead atoms. The maximum atomic E-state index is 4.61. The zero-order valence-electron chi connectivity index (χ0n) is 12.6. The van der Waals surface area contributed by atoms with Crippen LogP contribution < -0.4 is 5.32 Å². The van der Waals surface area contributed by atoms with Crippen molar-refractivity contribution in [3.63, 3.8) is 0 Å². The summed E-state index contributed by atoms with van der Waals surface area (Å²) in [6, 6.07) is 2.56. The lowest BCUT2D eigenvalue weighted by atomic mass is 10.2. The molecule has 19 heavy (non-hydrogen) atoms. The Bertz CT molecular complexity index is 413.